The number of hydrogen-bond acceptors (Lipinski definition) is 3. The lowest BCUT2D eigenvalue weighted by molar-refractivity contribution is -0.139. The van der Waals surface area contributed by atoms with E-state index in [0.717, 1.165) is 45.1 Å². The third-order valence-electron chi connectivity index (χ3n) is 4.78. The number of hydrogen-bond donors (Lipinski definition) is 2. The van der Waals surface area contributed by atoms with Crippen LogP contribution in [0.3, 0.4) is 0 Å². The summed E-state index contributed by atoms with van der Waals surface area (Å²) in [5.41, 5.74) is -0.778. The molecule has 1 aliphatic carbocycles. The average molecular weight is 296 g/mol. The number of likely N-dealkylation sites (tertiary alicyclic amines) is 1. The summed E-state index contributed by atoms with van der Waals surface area (Å²) in [7, 11) is 0. The van der Waals surface area contributed by atoms with E-state index in [0.29, 0.717) is 19.0 Å². The maximum Gasteiger partial charge on any atom is 0.225 e. The average Bonchev–Trinajstić information content (AvgIpc) is 2.45. The number of carbonyl (C=O) groups excluding carboxylic acids is 2. The number of aliphatic hydroxyl groups is 1. The van der Waals surface area contributed by atoms with Gasteiger partial charge in [-0.1, -0.05) is 19.3 Å². The van der Waals surface area contributed by atoms with Crippen molar-refractivity contribution in [2.45, 2.75) is 63.9 Å². The second-order valence-corrected chi connectivity index (χ2v) is 6.75. The van der Waals surface area contributed by atoms with Crippen LogP contribution in [0.15, 0.2) is 0 Å². The van der Waals surface area contributed by atoms with Gasteiger partial charge in [0.15, 0.2) is 0 Å². The maximum absolute atomic E-state index is 12.4. The van der Waals surface area contributed by atoms with Crippen molar-refractivity contribution in [2.24, 2.45) is 5.92 Å². The summed E-state index contributed by atoms with van der Waals surface area (Å²) in [5, 5.41) is 13.3. The quantitative estimate of drug-likeness (QED) is 0.825. The molecule has 1 atom stereocenters. The van der Waals surface area contributed by atoms with Crippen molar-refractivity contribution >= 4 is 11.8 Å². The molecule has 0 bridgehead atoms. The Balaban J connectivity index is 1.82. The minimum Gasteiger partial charge on any atom is -0.389 e. The summed E-state index contributed by atoms with van der Waals surface area (Å²) < 4.78 is 0. The Morgan fingerprint density at radius 1 is 1.24 bits per heavy atom. The van der Waals surface area contributed by atoms with Gasteiger partial charge in [-0.3, -0.25) is 9.59 Å². The van der Waals surface area contributed by atoms with Crippen molar-refractivity contribution in [3.63, 3.8) is 0 Å². The van der Waals surface area contributed by atoms with Crippen molar-refractivity contribution in [3.8, 4) is 0 Å². The lowest BCUT2D eigenvalue weighted by atomic mass is 9.82. The molecule has 0 aromatic heterocycles. The molecule has 5 heteroatoms. The fraction of sp³-hybridized carbons (Fsp3) is 0.875. The minimum absolute atomic E-state index is 0.0185. The Morgan fingerprint density at radius 2 is 1.95 bits per heavy atom. The Morgan fingerprint density at radius 3 is 2.62 bits per heavy atom. The Bertz CT molecular complexity index is 378. The first-order chi connectivity index (χ1) is 9.98. The largest absolute Gasteiger partial charge is 0.389 e. The molecular weight excluding hydrogens is 268 g/mol. The van der Waals surface area contributed by atoms with E-state index < -0.39 is 5.60 Å². The Labute approximate surface area is 127 Å². The van der Waals surface area contributed by atoms with Crippen LogP contribution in [0, 0.1) is 5.92 Å². The summed E-state index contributed by atoms with van der Waals surface area (Å²) >= 11 is 0. The highest BCUT2D eigenvalue weighted by molar-refractivity contribution is 5.77. The van der Waals surface area contributed by atoms with Crippen LogP contribution in [0.4, 0.5) is 0 Å². The Kier molecular flexibility index (Phi) is 5.62. The van der Waals surface area contributed by atoms with Gasteiger partial charge in [0.05, 0.1) is 12.0 Å². The predicted octanol–water partition coefficient (Wildman–Crippen LogP) is 1.45. The molecule has 0 radical (unpaired) electrons. The zero-order valence-electron chi connectivity index (χ0n) is 13.1. The van der Waals surface area contributed by atoms with Gasteiger partial charge in [-0.15, -0.1) is 0 Å². The van der Waals surface area contributed by atoms with Gasteiger partial charge in [-0.05, 0) is 31.6 Å². The topological polar surface area (TPSA) is 69.6 Å². The second-order valence-electron chi connectivity index (χ2n) is 6.75. The summed E-state index contributed by atoms with van der Waals surface area (Å²) in [6.45, 7) is 3.65. The molecule has 21 heavy (non-hydrogen) atoms. The van der Waals surface area contributed by atoms with Gasteiger partial charge in [-0.2, -0.15) is 0 Å². The monoisotopic (exact) mass is 296 g/mol. The number of rotatable bonds is 4. The highest BCUT2D eigenvalue weighted by atomic mass is 16.3. The molecule has 1 heterocycles. The molecule has 120 valence electrons. The molecule has 0 spiro atoms. The predicted molar refractivity (Wildman–Crippen MR) is 80.6 cm³/mol. The standard InChI is InChI=1S/C16H28N2O3/c1-13(19)17-11-14-6-5-9-18(12-14)15(20)10-16(21)7-3-2-4-8-16/h14,21H,2-12H2,1H3,(H,17,19). The molecule has 2 N–H and O–H groups in total. The molecular formula is C16H28N2O3. The van der Waals surface area contributed by atoms with Crippen molar-refractivity contribution in [3.05, 3.63) is 0 Å². The second kappa shape index (κ2) is 7.25. The van der Waals surface area contributed by atoms with E-state index in [2.05, 4.69) is 5.32 Å². The number of amides is 2. The minimum atomic E-state index is -0.778. The van der Waals surface area contributed by atoms with Crippen LogP contribution >= 0.6 is 0 Å². The van der Waals surface area contributed by atoms with E-state index in [1.165, 1.54) is 13.3 Å². The Hall–Kier alpha value is -1.10. The lowest BCUT2D eigenvalue weighted by Crippen LogP contribution is -2.46. The van der Waals surface area contributed by atoms with Crippen molar-refractivity contribution in [1.82, 2.24) is 10.2 Å². The molecule has 2 amide bonds. The van der Waals surface area contributed by atoms with Crippen LogP contribution in [0.5, 0.6) is 0 Å². The zero-order chi connectivity index (χ0) is 15.3. The van der Waals surface area contributed by atoms with Gasteiger partial charge in [-0.25, -0.2) is 0 Å². The van der Waals surface area contributed by atoms with Gasteiger partial charge in [0.1, 0.15) is 0 Å². The summed E-state index contributed by atoms with van der Waals surface area (Å²) in [4.78, 5) is 25.3. The SMILES string of the molecule is CC(=O)NCC1CCCN(C(=O)CC2(O)CCCCC2)C1. The molecule has 5 nitrogen and oxygen atoms in total. The van der Waals surface area contributed by atoms with Crippen molar-refractivity contribution in [2.75, 3.05) is 19.6 Å². The number of nitrogens with zero attached hydrogens (tertiary/aromatic N) is 1. The smallest absolute Gasteiger partial charge is 0.225 e. The number of nitrogens with one attached hydrogen (secondary N) is 1. The van der Waals surface area contributed by atoms with E-state index in [4.69, 9.17) is 0 Å². The van der Waals surface area contributed by atoms with E-state index >= 15 is 0 Å². The van der Waals surface area contributed by atoms with Crippen LogP contribution in [0.1, 0.15) is 58.3 Å². The van der Waals surface area contributed by atoms with E-state index in [-0.39, 0.29) is 18.2 Å². The highest BCUT2D eigenvalue weighted by Gasteiger charge is 2.34. The normalized spacial score (nSPS) is 25.4. The number of piperidine rings is 1. The fourth-order valence-electron chi connectivity index (χ4n) is 3.53. The third kappa shape index (κ3) is 4.99. The molecule has 1 unspecified atom stereocenters. The summed E-state index contributed by atoms with van der Waals surface area (Å²) in [6, 6.07) is 0. The first-order valence-electron chi connectivity index (χ1n) is 8.23. The molecule has 2 rings (SSSR count). The lowest BCUT2D eigenvalue weighted by Gasteiger charge is -2.37. The van der Waals surface area contributed by atoms with E-state index in [1.54, 1.807) is 0 Å². The molecule has 2 fully saturated rings. The van der Waals surface area contributed by atoms with Crippen molar-refractivity contribution in [1.29, 1.82) is 0 Å². The van der Waals surface area contributed by atoms with Crippen LogP contribution in [-0.4, -0.2) is 47.1 Å². The summed E-state index contributed by atoms with van der Waals surface area (Å²) in [6.07, 6.45) is 7.01. The van der Waals surface area contributed by atoms with Crippen LogP contribution in [0.2, 0.25) is 0 Å². The molecule has 1 aliphatic heterocycles. The van der Waals surface area contributed by atoms with Gasteiger partial charge in [0, 0.05) is 26.6 Å². The van der Waals surface area contributed by atoms with Gasteiger partial charge < -0.3 is 15.3 Å². The molecule has 1 saturated carbocycles. The van der Waals surface area contributed by atoms with E-state index in [1.807, 2.05) is 4.90 Å². The van der Waals surface area contributed by atoms with Gasteiger partial charge in [0.2, 0.25) is 11.8 Å². The van der Waals surface area contributed by atoms with E-state index in [9.17, 15) is 14.7 Å². The third-order valence-corrected chi connectivity index (χ3v) is 4.78. The molecule has 0 aromatic rings. The number of carbonyl (C=O) groups is 2. The first-order valence-corrected chi connectivity index (χ1v) is 8.23. The first kappa shape index (κ1) is 16.3. The molecule has 1 saturated heterocycles. The van der Waals surface area contributed by atoms with Gasteiger partial charge >= 0.3 is 0 Å². The van der Waals surface area contributed by atoms with Crippen LogP contribution in [-0.2, 0) is 9.59 Å². The van der Waals surface area contributed by atoms with Crippen LogP contribution in [0.25, 0.3) is 0 Å². The van der Waals surface area contributed by atoms with Gasteiger partial charge in [0.25, 0.3) is 0 Å². The maximum atomic E-state index is 12.4. The zero-order valence-corrected chi connectivity index (χ0v) is 13.1. The van der Waals surface area contributed by atoms with Crippen molar-refractivity contribution < 1.29 is 14.7 Å². The molecule has 0 aromatic carbocycles. The fourth-order valence-corrected chi connectivity index (χ4v) is 3.53. The van der Waals surface area contributed by atoms with Crippen LogP contribution < -0.4 is 5.32 Å². The highest BCUT2D eigenvalue weighted by Crippen LogP contribution is 2.31. The molecule has 2 aliphatic rings. The summed E-state index contributed by atoms with van der Waals surface area (Å²) in [5.74, 6) is 0.398.